The van der Waals surface area contributed by atoms with Crippen LogP contribution in [0.5, 0.6) is 5.75 Å². The molecule has 0 bridgehead atoms. The van der Waals surface area contributed by atoms with E-state index in [2.05, 4.69) is 5.32 Å². The highest BCUT2D eigenvalue weighted by molar-refractivity contribution is 5.94. The Bertz CT molecular complexity index is 745. The first-order chi connectivity index (χ1) is 12.2. The topological polar surface area (TPSA) is 41.6 Å². The summed E-state index contributed by atoms with van der Waals surface area (Å²) < 4.78 is 43.4. The third kappa shape index (κ3) is 5.23. The Labute approximate surface area is 150 Å². The van der Waals surface area contributed by atoms with Gasteiger partial charge < -0.3 is 10.1 Å². The Kier molecular flexibility index (Phi) is 6.26. The summed E-state index contributed by atoms with van der Waals surface area (Å²) in [6.45, 7) is 2.22. The minimum atomic E-state index is -4.45. The third-order valence-corrected chi connectivity index (χ3v) is 4.09. The molecule has 2 aromatic rings. The van der Waals surface area contributed by atoms with Gasteiger partial charge in [-0.05, 0) is 49.9 Å². The highest BCUT2D eigenvalue weighted by Gasteiger charge is 2.30. The van der Waals surface area contributed by atoms with Gasteiger partial charge in [0.1, 0.15) is 5.75 Å². The molecule has 0 saturated carbocycles. The van der Waals surface area contributed by atoms with Gasteiger partial charge in [-0.1, -0.05) is 18.2 Å². The average molecular weight is 366 g/mol. The number of likely N-dealkylation sites (N-methyl/N-ethyl adjacent to an activating group) is 1. The van der Waals surface area contributed by atoms with Crippen LogP contribution in [0.4, 0.5) is 18.9 Å². The number of hydrogen-bond donors (Lipinski definition) is 1. The van der Waals surface area contributed by atoms with E-state index in [-0.39, 0.29) is 11.6 Å². The van der Waals surface area contributed by atoms with Gasteiger partial charge in [0.15, 0.2) is 0 Å². The second-order valence-electron chi connectivity index (χ2n) is 6.01. The highest BCUT2D eigenvalue weighted by atomic mass is 19.4. The van der Waals surface area contributed by atoms with Crippen molar-refractivity contribution in [3.05, 3.63) is 59.7 Å². The van der Waals surface area contributed by atoms with E-state index in [1.54, 1.807) is 21.1 Å². The molecule has 0 unspecified atom stereocenters. The molecule has 4 nitrogen and oxygen atoms in total. The fraction of sp³-hybridized carbons (Fsp3) is 0.316. The third-order valence-electron chi connectivity index (χ3n) is 4.09. The number of hydrogen-bond acceptors (Lipinski definition) is 3. The van der Waals surface area contributed by atoms with Crippen molar-refractivity contribution in [2.75, 3.05) is 19.5 Å². The fourth-order valence-electron chi connectivity index (χ4n) is 2.38. The smallest absolute Gasteiger partial charge is 0.416 e. The number of rotatable bonds is 6. The first-order valence-corrected chi connectivity index (χ1v) is 8.02. The van der Waals surface area contributed by atoms with Crippen molar-refractivity contribution in [3.63, 3.8) is 0 Å². The Morgan fingerprint density at radius 2 is 1.85 bits per heavy atom. The molecule has 2 rings (SSSR count). The van der Waals surface area contributed by atoms with Gasteiger partial charge in [-0.2, -0.15) is 13.2 Å². The molecule has 0 aliphatic rings. The van der Waals surface area contributed by atoms with Crippen molar-refractivity contribution < 1.29 is 22.7 Å². The molecule has 0 aromatic heterocycles. The maximum absolute atomic E-state index is 12.8. The van der Waals surface area contributed by atoms with Crippen molar-refractivity contribution in [3.8, 4) is 5.75 Å². The number of methoxy groups -OCH3 is 1. The minimum absolute atomic E-state index is 0.120. The zero-order chi connectivity index (χ0) is 19.3. The molecule has 140 valence electrons. The number of carbonyl (C=O) groups excluding carboxylic acids is 1. The molecule has 0 saturated heterocycles. The molecule has 0 aliphatic carbocycles. The average Bonchev–Trinajstić information content (AvgIpc) is 2.61. The van der Waals surface area contributed by atoms with Gasteiger partial charge in [-0.3, -0.25) is 9.69 Å². The van der Waals surface area contributed by atoms with E-state index in [0.717, 1.165) is 23.4 Å². The lowest BCUT2D eigenvalue weighted by Crippen LogP contribution is -2.39. The molecule has 0 radical (unpaired) electrons. The second-order valence-corrected chi connectivity index (χ2v) is 6.01. The number of amides is 1. The van der Waals surface area contributed by atoms with Crippen LogP contribution >= 0.6 is 0 Å². The Morgan fingerprint density at radius 1 is 1.19 bits per heavy atom. The minimum Gasteiger partial charge on any atom is -0.497 e. The van der Waals surface area contributed by atoms with Crippen molar-refractivity contribution in [1.29, 1.82) is 0 Å². The van der Waals surface area contributed by atoms with E-state index >= 15 is 0 Å². The predicted molar refractivity (Wildman–Crippen MR) is 94.0 cm³/mol. The predicted octanol–water partition coefficient (Wildman–Crippen LogP) is 4.17. The van der Waals surface area contributed by atoms with Crippen molar-refractivity contribution >= 4 is 11.6 Å². The van der Waals surface area contributed by atoms with Crippen LogP contribution in [0.3, 0.4) is 0 Å². The maximum Gasteiger partial charge on any atom is 0.416 e. The first kappa shape index (κ1) is 19.8. The van der Waals surface area contributed by atoms with Crippen molar-refractivity contribution in [2.24, 2.45) is 0 Å². The number of benzene rings is 2. The van der Waals surface area contributed by atoms with Crippen molar-refractivity contribution in [2.45, 2.75) is 25.7 Å². The van der Waals surface area contributed by atoms with Gasteiger partial charge >= 0.3 is 6.18 Å². The van der Waals surface area contributed by atoms with Crippen LogP contribution in [-0.2, 0) is 17.5 Å². The van der Waals surface area contributed by atoms with E-state index in [1.807, 2.05) is 29.2 Å². The van der Waals surface area contributed by atoms with Crippen LogP contribution in [0, 0.1) is 0 Å². The second kappa shape index (κ2) is 8.23. The molecular formula is C19H21F3N2O2. The fourth-order valence-corrected chi connectivity index (χ4v) is 2.38. The summed E-state index contributed by atoms with van der Waals surface area (Å²) in [7, 11) is 3.36. The zero-order valence-corrected chi connectivity index (χ0v) is 14.8. The van der Waals surface area contributed by atoms with E-state index in [1.165, 1.54) is 12.1 Å². The molecule has 2 aromatic carbocycles. The van der Waals surface area contributed by atoms with Gasteiger partial charge in [-0.25, -0.2) is 0 Å². The summed E-state index contributed by atoms with van der Waals surface area (Å²) in [6.07, 6.45) is -4.45. The van der Waals surface area contributed by atoms with Crippen LogP contribution in [0.25, 0.3) is 0 Å². The largest absolute Gasteiger partial charge is 0.497 e. The molecule has 0 heterocycles. The summed E-state index contributed by atoms with van der Waals surface area (Å²) in [4.78, 5) is 14.2. The number of halogens is 3. The Morgan fingerprint density at radius 3 is 2.42 bits per heavy atom. The van der Waals surface area contributed by atoms with E-state index in [4.69, 9.17) is 4.74 Å². The Balaban J connectivity index is 1.99. The summed E-state index contributed by atoms with van der Waals surface area (Å²) in [5.74, 6) is 0.368. The van der Waals surface area contributed by atoms with Crippen LogP contribution in [0.2, 0.25) is 0 Å². The lowest BCUT2D eigenvalue weighted by atomic mass is 10.1. The number of alkyl halides is 3. The number of anilines is 1. The SMILES string of the molecule is COc1ccc(CN(C)[C@H](C)C(=O)Nc2cccc(C(F)(F)F)c2)cc1. The van der Waals surface area contributed by atoms with Crippen LogP contribution in [0.15, 0.2) is 48.5 Å². The van der Waals surface area contributed by atoms with Gasteiger partial charge in [0.2, 0.25) is 5.91 Å². The van der Waals surface area contributed by atoms with E-state index in [9.17, 15) is 18.0 Å². The molecule has 1 atom stereocenters. The molecule has 0 spiro atoms. The van der Waals surface area contributed by atoms with Gasteiger partial charge in [0, 0.05) is 12.2 Å². The Hall–Kier alpha value is -2.54. The van der Waals surface area contributed by atoms with Crippen molar-refractivity contribution in [1.82, 2.24) is 4.90 Å². The van der Waals surface area contributed by atoms with Crippen LogP contribution in [-0.4, -0.2) is 31.0 Å². The zero-order valence-electron chi connectivity index (χ0n) is 14.8. The molecule has 7 heteroatoms. The summed E-state index contributed by atoms with van der Waals surface area (Å²) in [6, 6.07) is 11.5. The number of nitrogens with one attached hydrogen (secondary N) is 1. The maximum atomic E-state index is 12.8. The lowest BCUT2D eigenvalue weighted by Gasteiger charge is -2.24. The molecule has 0 aliphatic heterocycles. The lowest BCUT2D eigenvalue weighted by molar-refractivity contribution is -0.137. The summed E-state index contributed by atoms with van der Waals surface area (Å²) >= 11 is 0. The number of carbonyl (C=O) groups is 1. The van der Waals surface area contributed by atoms with Crippen LogP contribution < -0.4 is 10.1 Å². The summed E-state index contributed by atoms with van der Waals surface area (Å²) in [5.41, 5.74) is 0.316. The molecule has 1 amide bonds. The molecular weight excluding hydrogens is 345 g/mol. The van der Waals surface area contributed by atoms with E-state index in [0.29, 0.717) is 6.54 Å². The molecule has 1 N–H and O–H groups in total. The monoisotopic (exact) mass is 366 g/mol. The first-order valence-electron chi connectivity index (χ1n) is 8.02. The standard InChI is InChI=1S/C19H21F3N2O2/c1-13(24(2)12-14-7-9-17(26-3)10-8-14)18(25)23-16-6-4-5-15(11-16)19(20,21)22/h4-11,13H,12H2,1-3H3,(H,23,25)/t13-/m1/s1. The van der Waals surface area contributed by atoms with Crippen LogP contribution in [0.1, 0.15) is 18.1 Å². The normalized spacial score (nSPS) is 12.7. The number of ether oxygens (including phenoxy) is 1. The molecule has 0 fully saturated rings. The molecule has 26 heavy (non-hydrogen) atoms. The highest BCUT2D eigenvalue weighted by Crippen LogP contribution is 2.30. The van der Waals surface area contributed by atoms with Gasteiger partial charge in [0.05, 0.1) is 18.7 Å². The number of nitrogens with zero attached hydrogens (tertiary/aromatic N) is 1. The van der Waals surface area contributed by atoms with Gasteiger partial charge in [0.25, 0.3) is 0 Å². The van der Waals surface area contributed by atoms with E-state index < -0.39 is 17.8 Å². The van der Waals surface area contributed by atoms with Gasteiger partial charge in [-0.15, -0.1) is 0 Å². The quantitative estimate of drug-likeness (QED) is 0.834. The summed E-state index contributed by atoms with van der Waals surface area (Å²) in [5, 5.41) is 2.54.